The molecule has 0 fully saturated rings. The van der Waals surface area contributed by atoms with Crippen LogP contribution in [0.5, 0.6) is 0 Å². The predicted molar refractivity (Wildman–Crippen MR) is 129 cm³/mol. The Morgan fingerprint density at radius 2 is 1.62 bits per heavy atom. The van der Waals surface area contributed by atoms with Crippen LogP contribution >= 0.6 is 0 Å². The smallest absolute Gasteiger partial charge is 0.331 e. The van der Waals surface area contributed by atoms with Crippen molar-refractivity contribution >= 4 is 21.9 Å². The van der Waals surface area contributed by atoms with Crippen molar-refractivity contribution in [3.8, 4) is 11.1 Å². The third kappa shape index (κ3) is 4.60. The van der Waals surface area contributed by atoms with Gasteiger partial charge >= 0.3 is 5.97 Å². The summed E-state index contributed by atoms with van der Waals surface area (Å²) in [5.41, 5.74) is 2.07. The molecule has 1 aliphatic rings. The largest absolute Gasteiger partial charge is 0.479 e. The van der Waals surface area contributed by atoms with E-state index in [1.165, 1.54) is 4.90 Å². The number of aliphatic carboxylic acids is 1. The summed E-state index contributed by atoms with van der Waals surface area (Å²) < 4.78 is 28.8. The number of fused-ring (bicyclic) bond motifs is 1. The van der Waals surface area contributed by atoms with Crippen molar-refractivity contribution in [3.05, 3.63) is 89.5 Å². The highest BCUT2D eigenvalue weighted by molar-refractivity contribution is 7.89. The number of hydrogen-bond donors (Lipinski definition) is 2. The van der Waals surface area contributed by atoms with Crippen LogP contribution in [0.4, 0.5) is 0 Å². The molecule has 8 heteroatoms. The summed E-state index contributed by atoms with van der Waals surface area (Å²) in [6, 6.07) is 19.3. The Hall–Kier alpha value is -3.49. The minimum Gasteiger partial charge on any atom is -0.479 e. The van der Waals surface area contributed by atoms with Gasteiger partial charge in [-0.15, -0.1) is 0 Å². The number of hydrogen-bond acceptors (Lipinski definition) is 4. The number of nitrogens with zero attached hydrogens (tertiary/aromatic N) is 1. The lowest BCUT2D eigenvalue weighted by Crippen LogP contribution is -2.40. The van der Waals surface area contributed by atoms with E-state index in [9.17, 15) is 23.1 Å². The van der Waals surface area contributed by atoms with Gasteiger partial charge in [0.1, 0.15) is 0 Å². The normalized spacial score (nSPS) is 14.7. The number of benzene rings is 3. The number of carbonyl (C=O) groups excluding carboxylic acids is 1. The Morgan fingerprint density at radius 1 is 0.971 bits per heavy atom. The Labute approximate surface area is 199 Å². The topological polar surface area (TPSA) is 104 Å². The van der Waals surface area contributed by atoms with Gasteiger partial charge in [-0.1, -0.05) is 54.6 Å². The van der Waals surface area contributed by atoms with Gasteiger partial charge in [-0.3, -0.25) is 4.79 Å². The molecule has 1 aliphatic heterocycles. The molecule has 3 aromatic carbocycles. The summed E-state index contributed by atoms with van der Waals surface area (Å²) in [4.78, 5) is 26.6. The summed E-state index contributed by atoms with van der Waals surface area (Å²) in [5.74, 6) is -1.48. The lowest BCUT2D eigenvalue weighted by molar-refractivity contribution is -0.142. The molecule has 4 rings (SSSR count). The van der Waals surface area contributed by atoms with Crippen LogP contribution in [0, 0.1) is 0 Å². The van der Waals surface area contributed by atoms with E-state index in [4.69, 9.17) is 0 Å². The van der Waals surface area contributed by atoms with Crippen LogP contribution in [-0.4, -0.2) is 35.8 Å². The van der Waals surface area contributed by atoms with E-state index >= 15 is 0 Å². The third-order valence-electron chi connectivity index (χ3n) is 5.53. The van der Waals surface area contributed by atoms with Crippen molar-refractivity contribution in [2.75, 3.05) is 0 Å². The number of nitrogens with one attached hydrogen (secondary N) is 1. The van der Waals surface area contributed by atoms with Crippen LogP contribution in [0.2, 0.25) is 0 Å². The second-order valence-corrected chi connectivity index (χ2v) is 11.0. The second kappa shape index (κ2) is 8.70. The van der Waals surface area contributed by atoms with Crippen LogP contribution in [0.3, 0.4) is 0 Å². The first-order valence-corrected chi connectivity index (χ1v) is 12.3. The van der Waals surface area contributed by atoms with Crippen LogP contribution in [0.1, 0.15) is 48.3 Å². The monoisotopic (exact) mass is 478 g/mol. The third-order valence-corrected chi connectivity index (χ3v) is 7.34. The molecule has 1 unspecified atom stereocenters. The van der Waals surface area contributed by atoms with Gasteiger partial charge in [0.2, 0.25) is 10.0 Å². The summed E-state index contributed by atoms with van der Waals surface area (Å²) >= 11 is 0. The lowest BCUT2D eigenvalue weighted by Gasteiger charge is -2.24. The highest BCUT2D eigenvalue weighted by Crippen LogP contribution is 2.35. The molecule has 0 saturated heterocycles. The Balaban J connectivity index is 1.73. The first-order valence-electron chi connectivity index (χ1n) is 10.8. The molecule has 2 N–H and O–H groups in total. The second-order valence-electron chi connectivity index (χ2n) is 9.31. The van der Waals surface area contributed by atoms with E-state index < -0.39 is 27.6 Å². The number of rotatable bonds is 6. The number of sulfonamides is 1. The maximum atomic E-state index is 13.1. The summed E-state index contributed by atoms with van der Waals surface area (Å²) in [6.45, 7) is 5.43. The van der Waals surface area contributed by atoms with E-state index in [1.54, 1.807) is 93.6 Å². The van der Waals surface area contributed by atoms with Crippen LogP contribution in [-0.2, 0) is 21.4 Å². The quantitative estimate of drug-likeness (QED) is 0.552. The molecular weight excluding hydrogens is 452 g/mol. The zero-order chi connectivity index (χ0) is 24.7. The molecule has 3 aromatic rings. The lowest BCUT2D eigenvalue weighted by atomic mass is 10.0. The van der Waals surface area contributed by atoms with Crippen LogP contribution in [0.15, 0.2) is 77.7 Å². The fourth-order valence-corrected chi connectivity index (χ4v) is 5.86. The van der Waals surface area contributed by atoms with Gasteiger partial charge in [0, 0.05) is 23.2 Å². The van der Waals surface area contributed by atoms with E-state index in [-0.39, 0.29) is 17.3 Å². The molecule has 7 nitrogen and oxygen atoms in total. The van der Waals surface area contributed by atoms with Crippen molar-refractivity contribution in [3.63, 3.8) is 0 Å². The molecular formula is C26H26N2O5S. The highest BCUT2D eigenvalue weighted by atomic mass is 32.2. The van der Waals surface area contributed by atoms with Gasteiger partial charge < -0.3 is 10.0 Å². The molecule has 0 bridgehead atoms. The summed E-state index contributed by atoms with van der Waals surface area (Å²) in [6.07, 6.45) is 0. The molecule has 0 aromatic heterocycles. The van der Waals surface area contributed by atoms with Crippen molar-refractivity contribution in [2.24, 2.45) is 0 Å². The maximum Gasteiger partial charge on any atom is 0.331 e. The average Bonchev–Trinajstić information content (AvgIpc) is 3.08. The van der Waals surface area contributed by atoms with Gasteiger partial charge in [-0.25, -0.2) is 17.9 Å². The number of carboxylic acids is 1. The SMILES string of the molecule is CC(C)(C)NS(=O)(=O)c1ccccc1-c1ccc2c(c1)CN(C(C(=O)O)c1ccccc1)C2=O. The van der Waals surface area contributed by atoms with E-state index in [1.807, 2.05) is 0 Å². The minimum atomic E-state index is -3.80. The molecule has 0 aliphatic carbocycles. The van der Waals surface area contributed by atoms with Crippen LogP contribution < -0.4 is 4.72 Å². The van der Waals surface area contributed by atoms with Gasteiger partial charge in [-0.2, -0.15) is 0 Å². The molecule has 0 saturated carbocycles. The zero-order valence-corrected chi connectivity index (χ0v) is 20.0. The van der Waals surface area contributed by atoms with E-state index in [2.05, 4.69) is 4.72 Å². The molecule has 1 amide bonds. The minimum absolute atomic E-state index is 0.114. The maximum absolute atomic E-state index is 13.1. The summed E-state index contributed by atoms with van der Waals surface area (Å²) in [7, 11) is -3.80. The Bertz CT molecular complexity index is 1360. The Kier molecular flexibility index (Phi) is 6.05. The Morgan fingerprint density at radius 3 is 2.26 bits per heavy atom. The van der Waals surface area contributed by atoms with E-state index in [0.29, 0.717) is 27.8 Å². The van der Waals surface area contributed by atoms with Crippen molar-refractivity contribution in [1.82, 2.24) is 9.62 Å². The number of carboxylic acid groups (broad SMARTS) is 1. The van der Waals surface area contributed by atoms with Crippen LogP contribution in [0.25, 0.3) is 11.1 Å². The first-order chi connectivity index (χ1) is 16.0. The van der Waals surface area contributed by atoms with Crippen molar-refractivity contribution < 1.29 is 23.1 Å². The van der Waals surface area contributed by atoms with Gasteiger partial charge in [0.05, 0.1) is 4.90 Å². The molecule has 1 atom stereocenters. The number of carbonyl (C=O) groups is 2. The summed E-state index contributed by atoms with van der Waals surface area (Å²) in [5, 5.41) is 9.87. The fraction of sp³-hybridized carbons (Fsp3) is 0.231. The van der Waals surface area contributed by atoms with Crippen molar-refractivity contribution in [2.45, 2.75) is 43.8 Å². The zero-order valence-electron chi connectivity index (χ0n) is 19.1. The van der Waals surface area contributed by atoms with E-state index in [0.717, 1.165) is 0 Å². The fourth-order valence-electron chi connectivity index (χ4n) is 4.21. The first kappa shape index (κ1) is 23.7. The highest BCUT2D eigenvalue weighted by Gasteiger charge is 2.37. The number of amides is 1. The van der Waals surface area contributed by atoms with Gasteiger partial charge in [0.15, 0.2) is 6.04 Å². The molecule has 0 radical (unpaired) electrons. The van der Waals surface area contributed by atoms with Gasteiger partial charge in [-0.05, 0) is 55.7 Å². The predicted octanol–water partition coefficient (Wildman–Crippen LogP) is 4.21. The average molecular weight is 479 g/mol. The molecule has 0 spiro atoms. The molecule has 176 valence electrons. The van der Waals surface area contributed by atoms with Crippen molar-refractivity contribution in [1.29, 1.82) is 0 Å². The van der Waals surface area contributed by atoms with Gasteiger partial charge in [0.25, 0.3) is 5.91 Å². The molecule has 1 heterocycles. The standard InChI is InChI=1S/C26H26N2O5S/c1-26(2,3)27-34(32,33)22-12-8-7-11-20(22)18-13-14-21-19(15-18)16-28(24(21)29)23(25(30)31)17-9-5-4-6-10-17/h4-15,23,27H,16H2,1-3H3,(H,30,31). The molecule has 34 heavy (non-hydrogen) atoms.